The largest absolute Gasteiger partial charge is 0.494 e. The van der Waals surface area contributed by atoms with Crippen molar-refractivity contribution in [3.8, 4) is 26.9 Å². The number of thioether (sulfide) groups is 1. The molecule has 0 bridgehead atoms. The Morgan fingerprint density at radius 1 is 1.12 bits per heavy atom. The molecule has 0 fully saturated rings. The maximum absolute atomic E-state index is 12.2. The third-order valence-electron chi connectivity index (χ3n) is 4.38. The van der Waals surface area contributed by atoms with E-state index in [0.717, 1.165) is 38.3 Å². The number of pyridine rings is 1. The fraction of sp³-hybridized carbons (Fsp3) is 0.174. The van der Waals surface area contributed by atoms with E-state index in [0.29, 0.717) is 11.6 Å². The molecule has 0 atom stereocenters. The number of aryl methyl sites for hydroxylation is 1. The molecule has 1 aromatic carbocycles. The highest BCUT2D eigenvalue weighted by Crippen LogP contribution is 2.34. The van der Waals surface area contributed by atoms with Gasteiger partial charge in [0.1, 0.15) is 21.5 Å². The summed E-state index contributed by atoms with van der Waals surface area (Å²) in [5.74, 6) is 0.912. The first-order valence-corrected chi connectivity index (χ1v) is 11.8. The fourth-order valence-electron chi connectivity index (χ4n) is 2.90. The van der Waals surface area contributed by atoms with E-state index in [-0.39, 0.29) is 11.7 Å². The number of anilines is 1. The summed E-state index contributed by atoms with van der Waals surface area (Å²) in [7, 11) is 0. The zero-order valence-electron chi connectivity index (χ0n) is 17.6. The molecule has 0 aliphatic rings. The smallest absolute Gasteiger partial charge is 0.234 e. The van der Waals surface area contributed by atoms with Crippen LogP contribution in [-0.4, -0.2) is 38.4 Å². The number of amides is 1. The van der Waals surface area contributed by atoms with Gasteiger partial charge in [0.05, 0.1) is 22.9 Å². The maximum atomic E-state index is 12.2. The van der Waals surface area contributed by atoms with Crippen LogP contribution < -0.4 is 10.1 Å². The van der Waals surface area contributed by atoms with Crippen molar-refractivity contribution < 1.29 is 9.53 Å². The van der Waals surface area contributed by atoms with Crippen LogP contribution in [0.2, 0.25) is 0 Å². The second kappa shape index (κ2) is 10.3. The Labute approximate surface area is 194 Å². The van der Waals surface area contributed by atoms with Gasteiger partial charge in [0.25, 0.3) is 0 Å². The Balaban J connectivity index is 1.35. The normalized spacial score (nSPS) is 10.7. The molecule has 3 aromatic heterocycles. The predicted octanol–water partition coefficient (Wildman–Crippen LogP) is 5.10. The lowest BCUT2D eigenvalue weighted by Gasteiger charge is -2.07. The Kier molecular flexibility index (Phi) is 7.08. The van der Waals surface area contributed by atoms with E-state index in [4.69, 9.17) is 4.74 Å². The van der Waals surface area contributed by atoms with Gasteiger partial charge in [0.15, 0.2) is 0 Å². The van der Waals surface area contributed by atoms with Crippen molar-refractivity contribution in [2.45, 2.75) is 18.9 Å². The number of nitrogens with zero attached hydrogens (tertiary/aromatic N) is 4. The molecule has 1 amide bonds. The van der Waals surface area contributed by atoms with E-state index < -0.39 is 0 Å². The number of ether oxygens (including phenoxy) is 1. The molecule has 0 radical (unpaired) electrons. The van der Waals surface area contributed by atoms with Crippen LogP contribution in [0.1, 0.15) is 12.6 Å². The first-order chi connectivity index (χ1) is 15.6. The average Bonchev–Trinajstić information content (AvgIpc) is 3.22. The summed E-state index contributed by atoms with van der Waals surface area (Å²) in [5.41, 5.74) is 3.37. The van der Waals surface area contributed by atoms with E-state index in [1.54, 1.807) is 23.7 Å². The fourth-order valence-corrected chi connectivity index (χ4v) is 4.54. The van der Waals surface area contributed by atoms with E-state index in [1.807, 2.05) is 62.4 Å². The van der Waals surface area contributed by atoms with Crippen LogP contribution in [0.25, 0.3) is 21.1 Å². The highest BCUT2D eigenvalue weighted by molar-refractivity contribution is 7.99. The lowest BCUT2D eigenvalue weighted by molar-refractivity contribution is -0.113. The SMILES string of the molecule is CCOc1ccc(NC(=O)CSc2ccc(-c3sc(-c4cccnc4)nc3C)nn2)cc1. The number of hydrogen-bond acceptors (Lipinski definition) is 8. The number of rotatable bonds is 8. The summed E-state index contributed by atoms with van der Waals surface area (Å²) in [6.45, 7) is 4.50. The van der Waals surface area contributed by atoms with Crippen molar-refractivity contribution in [2.75, 3.05) is 17.7 Å². The second-order valence-corrected chi connectivity index (χ2v) is 8.72. The number of nitrogens with one attached hydrogen (secondary N) is 1. The average molecular weight is 464 g/mol. The molecule has 0 spiro atoms. The first-order valence-electron chi connectivity index (χ1n) is 10.00. The molecule has 4 rings (SSSR count). The zero-order chi connectivity index (χ0) is 22.3. The molecule has 162 valence electrons. The second-order valence-electron chi connectivity index (χ2n) is 6.73. The summed E-state index contributed by atoms with van der Waals surface area (Å²) in [4.78, 5) is 22.0. The van der Waals surface area contributed by atoms with E-state index in [9.17, 15) is 4.79 Å². The number of carbonyl (C=O) groups excluding carboxylic acids is 1. The van der Waals surface area contributed by atoms with Crippen LogP contribution >= 0.6 is 23.1 Å². The molecule has 0 saturated heterocycles. The molecule has 0 unspecified atom stereocenters. The van der Waals surface area contributed by atoms with Gasteiger partial charge in [0, 0.05) is 23.6 Å². The topological polar surface area (TPSA) is 89.9 Å². The number of aromatic nitrogens is 4. The molecule has 9 heteroatoms. The number of carbonyl (C=O) groups is 1. The molecule has 0 saturated carbocycles. The van der Waals surface area contributed by atoms with Gasteiger partial charge in [-0.1, -0.05) is 11.8 Å². The van der Waals surface area contributed by atoms with Crippen LogP contribution in [0.3, 0.4) is 0 Å². The van der Waals surface area contributed by atoms with Crippen LogP contribution in [-0.2, 0) is 4.79 Å². The van der Waals surface area contributed by atoms with Gasteiger partial charge in [-0.2, -0.15) is 0 Å². The molecule has 32 heavy (non-hydrogen) atoms. The molecule has 0 aliphatic heterocycles. The van der Waals surface area contributed by atoms with Crippen molar-refractivity contribution in [2.24, 2.45) is 0 Å². The van der Waals surface area contributed by atoms with Gasteiger partial charge in [-0.25, -0.2) is 4.98 Å². The van der Waals surface area contributed by atoms with Gasteiger partial charge >= 0.3 is 0 Å². The Bertz CT molecular complexity index is 1180. The summed E-state index contributed by atoms with van der Waals surface area (Å²) in [6.07, 6.45) is 3.54. The Hall–Kier alpha value is -3.30. The molecule has 7 nitrogen and oxygen atoms in total. The van der Waals surface area contributed by atoms with Gasteiger partial charge in [0.2, 0.25) is 5.91 Å². The van der Waals surface area contributed by atoms with Gasteiger partial charge in [-0.05, 0) is 62.4 Å². The van der Waals surface area contributed by atoms with Crippen molar-refractivity contribution >= 4 is 34.7 Å². The van der Waals surface area contributed by atoms with Gasteiger partial charge in [-0.15, -0.1) is 21.5 Å². The first kappa shape index (κ1) is 21.9. The summed E-state index contributed by atoms with van der Waals surface area (Å²) in [6, 6.07) is 15.0. The van der Waals surface area contributed by atoms with Crippen LogP contribution in [0.4, 0.5) is 5.69 Å². The van der Waals surface area contributed by atoms with E-state index in [2.05, 4.69) is 25.5 Å². The molecule has 0 aliphatic carbocycles. The molecular weight excluding hydrogens is 442 g/mol. The highest BCUT2D eigenvalue weighted by atomic mass is 32.2. The van der Waals surface area contributed by atoms with Crippen LogP contribution in [0.5, 0.6) is 5.75 Å². The van der Waals surface area contributed by atoms with Crippen molar-refractivity contribution in [3.05, 3.63) is 66.6 Å². The summed E-state index contributed by atoms with van der Waals surface area (Å²) >= 11 is 2.90. The third kappa shape index (κ3) is 5.49. The molecular formula is C23H21N5O2S2. The maximum Gasteiger partial charge on any atom is 0.234 e. The molecule has 1 N–H and O–H groups in total. The van der Waals surface area contributed by atoms with Crippen molar-refractivity contribution in [3.63, 3.8) is 0 Å². The third-order valence-corrected chi connectivity index (χ3v) is 6.53. The summed E-state index contributed by atoms with van der Waals surface area (Å²) in [5, 5.41) is 13.1. The zero-order valence-corrected chi connectivity index (χ0v) is 19.2. The monoisotopic (exact) mass is 463 g/mol. The van der Waals surface area contributed by atoms with E-state index >= 15 is 0 Å². The number of thiazole rings is 1. The standard InChI is InChI=1S/C23H21N5O2S2/c1-3-30-18-8-6-17(7-9-18)26-20(29)14-31-21-11-10-19(27-28-21)22-15(2)25-23(32-22)16-5-4-12-24-13-16/h4-13H,3,14H2,1-2H3,(H,26,29). The van der Waals surface area contributed by atoms with Gasteiger partial charge < -0.3 is 10.1 Å². The number of benzene rings is 1. The van der Waals surface area contributed by atoms with Crippen LogP contribution in [0, 0.1) is 6.92 Å². The quantitative estimate of drug-likeness (QED) is 0.364. The number of hydrogen-bond donors (Lipinski definition) is 1. The lowest BCUT2D eigenvalue weighted by atomic mass is 10.3. The minimum Gasteiger partial charge on any atom is -0.494 e. The van der Waals surface area contributed by atoms with Gasteiger partial charge in [-0.3, -0.25) is 9.78 Å². The predicted molar refractivity (Wildman–Crippen MR) is 128 cm³/mol. The Morgan fingerprint density at radius 2 is 1.97 bits per heavy atom. The molecule has 4 aromatic rings. The van der Waals surface area contributed by atoms with Crippen molar-refractivity contribution in [1.82, 2.24) is 20.2 Å². The van der Waals surface area contributed by atoms with E-state index in [1.165, 1.54) is 11.8 Å². The summed E-state index contributed by atoms with van der Waals surface area (Å²) < 4.78 is 5.41. The highest BCUT2D eigenvalue weighted by Gasteiger charge is 2.13. The Morgan fingerprint density at radius 3 is 2.66 bits per heavy atom. The lowest BCUT2D eigenvalue weighted by Crippen LogP contribution is -2.14. The molecule has 3 heterocycles. The van der Waals surface area contributed by atoms with Crippen molar-refractivity contribution in [1.29, 1.82) is 0 Å². The minimum atomic E-state index is -0.107. The minimum absolute atomic E-state index is 0.107. The van der Waals surface area contributed by atoms with Crippen LogP contribution in [0.15, 0.2) is 66.0 Å².